The molecule has 21 heavy (non-hydrogen) atoms. The summed E-state index contributed by atoms with van der Waals surface area (Å²) in [5.74, 6) is 0.128. The molecule has 0 heterocycles. The maximum Gasteiger partial charge on any atom is 0.387 e. The van der Waals surface area contributed by atoms with E-state index in [-0.39, 0.29) is 5.75 Å². The summed E-state index contributed by atoms with van der Waals surface area (Å²) in [4.78, 5) is 1.12. The van der Waals surface area contributed by atoms with Gasteiger partial charge in [-0.05, 0) is 42.7 Å². The van der Waals surface area contributed by atoms with Gasteiger partial charge in [0.15, 0.2) is 0 Å². The van der Waals surface area contributed by atoms with E-state index < -0.39 is 6.61 Å². The fraction of sp³-hybridized carbons (Fsp3) is 0.200. The van der Waals surface area contributed by atoms with Gasteiger partial charge in [0.2, 0.25) is 0 Å². The van der Waals surface area contributed by atoms with Crippen molar-refractivity contribution in [2.75, 3.05) is 11.6 Å². The molecule has 0 aliphatic rings. The number of hydrogen-bond donors (Lipinski definition) is 1. The van der Waals surface area contributed by atoms with Crippen LogP contribution in [0.15, 0.2) is 47.4 Å². The van der Waals surface area contributed by atoms with Crippen molar-refractivity contribution in [2.24, 2.45) is 0 Å². The summed E-state index contributed by atoms with van der Waals surface area (Å²) in [6.45, 7) is -2.51. The Hall–Kier alpha value is -1.46. The standard InChI is InChI=1S/C15H14ClF2NOS/c1-21-13-4-2-3-12(8-13)19-9-10-7-11(16)5-6-14(10)20-15(17)18/h2-8,15,19H,9H2,1H3. The third-order valence-corrected chi connectivity index (χ3v) is 3.75. The molecule has 2 aromatic carbocycles. The number of alkyl halides is 2. The molecule has 2 nitrogen and oxygen atoms in total. The van der Waals surface area contributed by atoms with E-state index in [1.165, 1.54) is 12.1 Å². The van der Waals surface area contributed by atoms with E-state index in [9.17, 15) is 8.78 Å². The quantitative estimate of drug-likeness (QED) is 0.729. The molecule has 0 spiro atoms. The average molecular weight is 330 g/mol. The minimum absolute atomic E-state index is 0.128. The van der Waals surface area contributed by atoms with Crippen molar-refractivity contribution in [3.8, 4) is 5.75 Å². The van der Waals surface area contributed by atoms with Gasteiger partial charge >= 0.3 is 6.61 Å². The molecule has 2 rings (SSSR count). The second kappa shape index (κ2) is 7.52. The number of hydrogen-bond acceptors (Lipinski definition) is 3. The van der Waals surface area contributed by atoms with Crippen LogP contribution < -0.4 is 10.1 Å². The number of benzene rings is 2. The molecule has 0 saturated carbocycles. The van der Waals surface area contributed by atoms with E-state index in [2.05, 4.69) is 10.1 Å². The summed E-state index contributed by atoms with van der Waals surface area (Å²) >= 11 is 7.54. The van der Waals surface area contributed by atoms with Crippen molar-refractivity contribution < 1.29 is 13.5 Å². The van der Waals surface area contributed by atoms with Gasteiger partial charge in [-0.2, -0.15) is 8.78 Å². The van der Waals surface area contributed by atoms with E-state index in [1.54, 1.807) is 17.8 Å². The smallest absolute Gasteiger partial charge is 0.387 e. The van der Waals surface area contributed by atoms with Crippen molar-refractivity contribution in [3.63, 3.8) is 0 Å². The lowest BCUT2D eigenvalue weighted by Crippen LogP contribution is -2.07. The Kier molecular flexibility index (Phi) is 5.70. The number of halogens is 3. The van der Waals surface area contributed by atoms with Crippen LogP contribution in [-0.4, -0.2) is 12.9 Å². The monoisotopic (exact) mass is 329 g/mol. The molecule has 0 bridgehead atoms. The largest absolute Gasteiger partial charge is 0.434 e. The zero-order valence-corrected chi connectivity index (χ0v) is 12.8. The molecule has 0 radical (unpaired) electrons. The highest BCUT2D eigenvalue weighted by Gasteiger charge is 2.10. The van der Waals surface area contributed by atoms with Crippen LogP contribution in [0.2, 0.25) is 5.02 Å². The van der Waals surface area contributed by atoms with Gasteiger partial charge in [-0.25, -0.2) is 0 Å². The Bertz CT molecular complexity index is 610. The number of ether oxygens (including phenoxy) is 1. The highest BCUT2D eigenvalue weighted by Crippen LogP contribution is 2.26. The van der Waals surface area contributed by atoms with Crippen LogP contribution >= 0.6 is 23.4 Å². The van der Waals surface area contributed by atoms with Crippen molar-refractivity contribution >= 4 is 29.1 Å². The van der Waals surface area contributed by atoms with Crippen molar-refractivity contribution in [3.05, 3.63) is 53.1 Å². The van der Waals surface area contributed by atoms with Crippen LogP contribution in [0.5, 0.6) is 5.75 Å². The first-order valence-electron chi connectivity index (χ1n) is 6.19. The summed E-state index contributed by atoms with van der Waals surface area (Å²) in [5.41, 5.74) is 1.49. The lowest BCUT2D eigenvalue weighted by Gasteiger charge is -2.13. The van der Waals surface area contributed by atoms with Crippen molar-refractivity contribution in [1.82, 2.24) is 0 Å². The molecule has 0 atom stereocenters. The second-order valence-corrected chi connectivity index (χ2v) is 5.53. The first kappa shape index (κ1) is 15.9. The van der Waals surface area contributed by atoms with Gasteiger partial charge in [0.25, 0.3) is 0 Å². The summed E-state index contributed by atoms with van der Waals surface area (Å²) in [6, 6.07) is 12.4. The molecule has 0 amide bonds. The minimum atomic E-state index is -2.86. The number of rotatable bonds is 6. The highest BCUT2D eigenvalue weighted by atomic mass is 35.5. The number of thioether (sulfide) groups is 1. The van der Waals surface area contributed by atoms with Gasteiger partial charge < -0.3 is 10.1 Å². The predicted molar refractivity (Wildman–Crippen MR) is 83.6 cm³/mol. The van der Waals surface area contributed by atoms with Crippen LogP contribution in [-0.2, 0) is 6.54 Å². The van der Waals surface area contributed by atoms with E-state index in [1.807, 2.05) is 30.5 Å². The van der Waals surface area contributed by atoms with Crippen LogP contribution in [0.4, 0.5) is 14.5 Å². The Labute approximate surface area is 131 Å². The highest BCUT2D eigenvalue weighted by molar-refractivity contribution is 7.98. The van der Waals surface area contributed by atoms with E-state index in [4.69, 9.17) is 11.6 Å². The van der Waals surface area contributed by atoms with Crippen LogP contribution in [0.1, 0.15) is 5.56 Å². The fourth-order valence-corrected chi connectivity index (χ4v) is 2.48. The molecule has 0 aliphatic carbocycles. The van der Waals surface area contributed by atoms with Crippen molar-refractivity contribution in [1.29, 1.82) is 0 Å². The fourth-order valence-electron chi connectivity index (χ4n) is 1.83. The SMILES string of the molecule is CSc1cccc(NCc2cc(Cl)ccc2OC(F)F)c1. The molecule has 6 heteroatoms. The molecular formula is C15H14ClF2NOS. The Morgan fingerprint density at radius 3 is 2.76 bits per heavy atom. The minimum Gasteiger partial charge on any atom is -0.434 e. The molecule has 0 saturated heterocycles. The number of nitrogens with one attached hydrogen (secondary N) is 1. The summed E-state index contributed by atoms with van der Waals surface area (Å²) in [7, 11) is 0. The zero-order chi connectivity index (χ0) is 15.2. The predicted octanol–water partition coefficient (Wildman–Crippen LogP) is 5.28. The summed E-state index contributed by atoms with van der Waals surface area (Å²) in [5, 5.41) is 3.66. The second-order valence-electron chi connectivity index (χ2n) is 4.22. The van der Waals surface area contributed by atoms with E-state index in [0.29, 0.717) is 17.1 Å². The Morgan fingerprint density at radius 1 is 1.24 bits per heavy atom. The van der Waals surface area contributed by atoms with Gasteiger partial charge in [0, 0.05) is 27.7 Å². The third kappa shape index (κ3) is 4.79. The average Bonchev–Trinajstić information content (AvgIpc) is 2.47. The van der Waals surface area contributed by atoms with E-state index in [0.717, 1.165) is 10.6 Å². The van der Waals surface area contributed by atoms with Gasteiger partial charge in [-0.15, -0.1) is 11.8 Å². The van der Waals surface area contributed by atoms with Crippen LogP contribution in [0.25, 0.3) is 0 Å². The lowest BCUT2D eigenvalue weighted by atomic mass is 10.2. The molecule has 2 aromatic rings. The van der Waals surface area contributed by atoms with Gasteiger partial charge in [0.05, 0.1) is 0 Å². The number of anilines is 1. The first-order chi connectivity index (χ1) is 10.1. The lowest BCUT2D eigenvalue weighted by molar-refractivity contribution is -0.0504. The van der Waals surface area contributed by atoms with E-state index >= 15 is 0 Å². The molecule has 0 fully saturated rings. The van der Waals surface area contributed by atoms with Crippen molar-refractivity contribution in [2.45, 2.75) is 18.1 Å². The van der Waals surface area contributed by atoms with Crippen LogP contribution in [0, 0.1) is 0 Å². The molecule has 0 aromatic heterocycles. The normalized spacial score (nSPS) is 10.7. The molecule has 0 aliphatic heterocycles. The van der Waals surface area contributed by atoms with Gasteiger partial charge in [0.1, 0.15) is 5.75 Å². The Morgan fingerprint density at radius 2 is 2.05 bits per heavy atom. The molecule has 1 N–H and O–H groups in total. The molecule has 0 unspecified atom stereocenters. The molecule has 112 valence electrons. The topological polar surface area (TPSA) is 21.3 Å². The van der Waals surface area contributed by atoms with Gasteiger partial charge in [-0.1, -0.05) is 17.7 Å². The maximum absolute atomic E-state index is 12.4. The Balaban J connectivity index is 2.12. The molecular weight excluding hydrogens is 316 g/mol. The maximum atomic E-state index is 12.4. The van der Waals surface area contributed by atoms with Gasteiger partial charge in [-0.3, -0.25) is 0 Å². The first-order valence-corrected chi connectivity index (χ1v) is 7.80. The van der Waals surface area contributed by atoms with Crippen LogP contribution in [0.3, 0.4) is 0 Å². The zero-order valence-electron chi connectivity index (χ0n) is 11.3. The summed E-state index contributed by atoms with van der Waals surface area (Å²) < 4.78 is 29.3. The summed E-state index contributed by atoms with van der Waals surface area (Å²) in [6.07, 6.45) is 1.99. The third-order valence-electron chi connectivity index (χ3n) is 2.79.